The first-order valence-electron chi connectivity index (χ1n) is 9.97. The van der Waals surface area contributed by atoms with Crippen molar-refractivity contribution in [3.05, 3.63) is 34.1 Å². The molecule has 2 aliphatic rings. The van der Waals surface area contributed by atoms with Crippen LogP contribution in [0.3, 0.4) is 0 Å². The van der Waals surface area contributed by atoms with Gasteiger partial charge < -0.3 is 10.2 Å². The van der Waals surface area contributed by atoms with Crippen LogP contribution in [-0.4, -0.2) is 29.8 Å². The molecule has 1 N–H and O–H groups in total. The Morgan fingerprint density at radius 3 is 2.57 bits per heavy atom. The van der Waals surface area contributed by atoms with Crippen molar-refractivity contribution in [2.75, 3.05) is 18.0 Å². The van der Waals surface area contributed by atoms with Gasteiger partial charge in [0.2, 0.25) is 17.6 Å². The number of amides is 2. The highest BCUT2D eigenvalue weighted by Gasteiger charge is 2.36. The van der Waals surface area contributed by atoms with Crippen molar-refractivity contribution in [1.82, 2.24) is 5.32 Å². The van der Waals surface area contributed by atoms with Gasteiger partial charge in [-0.15, -0.1) is 0 Å². The normalized spacial score (nSPS) is 21.2. The molecule has 1 saturated carbocycles. The van der Waals surface area contributed by atoms with Gasteiger partial charge in [0, 0.05) is 25.6 Å². The van der Waals surface area contributed by atoms with Crippen molar-refractivity contribution in [3.8, 4) is 0 Å². The van der Waals surface area contributed by atoms with E-state index >= 15 is 0 Å². The summed E-state index contributed by atoms with van der Waals surface area (Å²) in [4.78, 5) is 36.3. The van der Waals surface area contributed by atoms with Gasteiger partial charge in [-0.25, -0.2) is 0 Å². The monoisotopic (exact) mass is 391 g/mol. The zero-order chi connectivity index (χ0) is 20.1. The topological polar surface area (TPSA) is 92.6 Å². The molecule has 152 valence electrons. The van der Waals surface area contributed by atoms with Gasteiger partial charge in [0.05, 0.1) is 16.5 Å². The average molecular weight is 391 g/mol. The summed E-state index contributed by atoms with van der Waals surface area (Å²) >= 11 is 0. The Morgan fingerprint density at radius 2 is 1.89 bits per heavy atom. The maximum absolute atomic E-state index is 13.5. The highest BCUT2D eigenvalue weighted by molar-refractivity contribution is 6.00. The summed E-state index contributed by atoms with van der Waals surface area (Å²) in [6, 6.07) is 3.35. The number of halogens is 1. The molecule has 2 amide bonds. The van der Waals surface area contributed by atoms with Crippen LogP contribution < -0.4 is 10.2 Å². The number of hydrogen-bond donors (Lipinski definition) is 1. The number of anilines is 1. The van der Waals surface area contributed by atoms with Crippen LogP contribution in [0.5, 0.6) is 0 Å². The molecule has 1 heterocycles. The van der Waals surface area contributed by atoms with Crippen molar-refractivity contribution in [3.63, 3.8) is 0 Å². The fourth-order valence-electron chi connectivity index (χ4n) is 4.08. The van der Waals surface area contributed by atoms with E-state index in [2.05, 4.69) is 5.32 Å². The molecule has 1 atom stereocenters. The minimum atomic E-state index is -0.950. The fourth-order valence-corrected chi connectivity index (χ4v) is 4.08. The number of hydrogen-bond acceptors (Lipinski definition) is 4. The quantitative estimate of drug-likeness (QED) is 0.613. The molecule has 0 aromatic heterocycles. The molecule has 1 saturated heterocycles. The van der Waals surface area contributed by atoms with Crippen LogP contribution in [-0.2, 0) is 9.59 Å². The van der Waals surface area contributed by atoms with Crippen LogP contribution in [0, 0.1) is 27.8 Å². The summed E-state index contributed by atoms with van der Waals surface area (Å²) < 4.78 is 13.5. The molecule has 1 aromatic carbocycles. The second-order valence-corrected chi connectivity index (χ2v) is 7.75. The number of nitro benzene ring substituents is 1. The van der Waals surface area contributed by atoms with Gasteiger partial charge in [-0.05, 0) is 30.9 Å². The SMILES string of the molecule is O=C(NCC1CCCCCCC1)[C@@H]1CC(=O)N(c2ccc(F)c([N+](=O)[O-])c2)C1. The number of benzene rings is 1. The molecule has 28 heavy (non-hydrogen) atoms. The third-order valence-electron chi connectivity index (χ3n) is 5.72. The number of rotatable bonds is 5. The van der Waals surface area contributed by atoms with E-state index in [0.29, 0.717) is 12.5 Å². The molecular formula is C20H26FN3O4. The van der Waals surface area contributed by atoms with Gasteiger partial charge >= 0.3 is 5.69 Å². The van der Waals surface area contributed by atoms with Gasteiger partial charge in [0.1, 0.15) is 0 Å². The van der Waals surface area contributed by atoms with Crippen LogP contribution in [0.4, 0.5) is 15.8 Å². The largest absolute Gasteiger partial charge is 0.356 e. The van der Waals surface area contributed by atoms with Gasteiger partial charge in [-0.3, -0.25) is 19.7 Å². The van der Waals surface area contributed by atoms with E-state index in [1.165, 1.54) is 43.1 Å². The van der Waals surface area contributed by atoms with Crippen LogP contribution in [0.1, 0.15) is 51.4 Å². The fraction of sp³-hybridized carbons (Fsp3) is 0.600. The Kier molecular flexibility index (Phi) is 6.59. The van der Waals surface area contributed by atoms with Gasteiger partial charge in [0.15, 0.2) is 0 Å². The molecule has 1 aliphatic carbocycles. The van der Waals surface area contributed by atoms with E-state index in [-0.39, 0.29) is 30.5 Å². The zero-order valence-electron chi connectivity index (χ0n) is 15.9. The summed E-state index contributed by atoms with van der Waals surface area (Å²) in [5.41, 5.74) is -0.434. The van der Waals surface area contributed by atoms with E-state index in [1.54, 1.807) is 0 Å². The third kappa shape index (κ3) is 4.85. The second-order valence-electron chi connectivity index (χ2n) is 7.75. The highest BCUT2D eigenvalue weighted by Crippen LogP contribution is 2.30. The van der Waals surface area contributed by atoms with Crippen molar-refractivity contribution < 1.29 is 18.9 Å². The maximum atomic E-state index is 13.5. The molecule has 0 spiro atoms. The van der Waals surface area contributed by atoms with Crippen molar-refractivity contribution >= 4 is 23.2 Å². The average Bonchev–Trinajstić information content (AvgIpc) is 3.02. The maximum Gasteiger partial charge on any atom is 0.306 e. The Morgan fingerprint density at radius 1 is 1.21 bits per heavy atom. The number of nitro groups is 1. The number of carbonyl (C=O) groups excluding carboxylic acids is 2. The first kappa shape index (κ1) is 20.2. The summed E-state index contributed by atoms with van der Waals surface area (Å²) in [6.07, 6.45) is 8.48. The van der Waals surface area contributed by atoms with Crippen LogP contribution >= 0.6 is 0 Å². The Hall–Kier alpha value is -2.51. The predicted molar refractivity (Wildman–Crippen MR) is 102 cm³/mol. The van der Waals surface area contributed by atoms with Crippen LogP contribution in [0.15, 0.2) is 18.2 Å². The lowest BCUT2D eigenvalue weighted by molar-refractivity contribution is -0.387. The van der Waals surface area contributed by atoms with Crippen LogP contribution in [0.2, 0.25) is 0 Å². The molecular weight excluding hydrogens is 365 g/mol. The van der Waals surface area contributed by atoms with Crippen molar-refractivity contribution in [2.24, 2.45) is 11.8 Å². The predicted octanol–water partition coefficient (Wildman–Crippen LogP) is 3.56. The molecule has 3 rings (SSSR count). The third-order valence-corrected chi connectivity index (χ3v) is 5.72. The minimum Gasteiger partial charge on any atom is -0.356 e. The molecule has 0 radical (unpaired) electrons. The van der Waals surface area contributed by atoms with Crippen molar-refractivity contribution in [1.29, 1.82) is 0 Å². The van der Waals surface area contributed by atoms with Crippen LogP contribution in [0.25, 0.3) is 0 Å². The van der Waals surface area contributed by atoms with E-state index < -0.39 is 22.3 Å². The Balaban J connectivity index is 1.58. The summed E-state index contributed by atoms with van der Waals surface area (Å²) in [5.74, 6) is -1.40. The number of nitrogens with zero attached hydrogens (tertiary/aromatic N) is 2. The summed E-state index contributed by atoms with van der Waals surface area (Å²) in [5, 5.41) is 13.9. The zero-order valence-corrected chi connectivity index (χ0v) is 15.9. The Bertz CT molecular complexity index is 747. The van der Waals surface area contributed by atoms with Gasteiger partial charge in [0.25, 0.3) is 0 Å². The second kappa shape index (κ2) is 9.12. The van der Waals surface area contributed by atoms with E-state index in [0.717, 1.165) is 25.0 Å². The number of carbonyl (C=O) groups is 2. The smallest absolute Gasteiger partial charge is 0.306 e. The highest BCUT2D eigenvalue weighted by atomic mass is 19.1. The first-order chi connectivity index (χ1) is 13.5. The summed E-state index contributed by atoms with van der Waals surface area (Å²) in [6.45, 7) is 0.781. The molecule has 2 fully saturated rings. The molecule has 8 heteroatoms. The molecule has 0 unspecified atom stereocenters. The summed E-state index contributed by atoms with van der Waals surface area (Å²) in [7, 11) is 0. The van der Waals surface area contributed by atoms with E-state index in [1.807, 2.05) is 0 Å². The molecule has 0 bridgehead atoms. The Labute approximate surface area is 163 Å². The van der Waals surface area contributed by atoms with Crippen molar-refractivity contribution in [2.45, 2.75) is 51.4 Å². The minimum absolute atomic E-state index is 0.0572. The lowest BCUT2D eigenvalue weighted by Gasteiger charge is -2.21. The lowest BCUT2D eigenvalue weighted by atomic mass is 9.91. The molecule has 1 aliphatic heterocycles. The first-order valence-corrected chi connectivity index (χ1v) is 9.97. The van der Waals surface area contributed by atoms with Gasteiger partial charge in [-0.2, -0.15) is 4.39 Å². The lowest BCUT2D eigenvalue weighted by Crippen LogP contribution is -2.36. The molecule has 1 aromatic rings. The van der Waals surface area contributed by atoms with E-state index in [9.17, 15) is 24.1 Å². The van der Waals surface area contributed by atoms with E-state index in [4.69, 9.17) is 0 Å². The van der Waals surface area contributed by atoms with Gasteiger partial charge in [-0.1, -0.05) is 32.1 Å². The molecule has 7 nitrogen and oxygen atoms in total. The standard InChI is InChI=1S/C20H26FN3O4/c21-17-9-8-16(11-18(17)24(27)28)23-13-15(10-19(23)25)20(26)22-12-14-6-4-2-1-3-5-7-14/h8-9,11,14-15H,1-7,10,12-13H2,(H,22,26)/t15-/m1/s1. The number of nitrogens with one attached hydrogen (secondary N) is 1.